The second-order valence-electron chi connectivity index (χ2n) is 6.49. The van der Waals surface area contributed by atoms with E-state index in [0.717, 1.165) is 43.4 Å². The Hall–Kier alpha value is -2.04. The van der Waals surface area contributed by atoms with Gasteiger partial charge in [0.25, 0.3) is 0 Å². The number of carbonyl (C=O) groups excluding carboxylic acids is 2. The number of nitrogens with one attached hydrogen (secondary N) is 2. The molecule has 0 radical (unpaired) electrons. The number of hydrogen-bond acceptors (Lipinski definition) is 3. The van der Waals surface area contributed by atoms with Crippen LogP contribution in [0.3, 0.4) is 0 Å². The van der Waals surface area contributed by atoms with Crippen molar-refractivity contribution < 1.29 is 14.3 Å². The first-order chi connectivity index (χ1) is 11.2. The normalized spacial score (nSPS) is 22.8. The van der Waals surface area contributed by atoms with Crippen LogP contribution in [0.4, 0.5) is 5.69 Å². The molecule has 1 aliphatic heterocycles. The molecule has 1 heterocycles. The van der Waals surface area contributed by atoms with Gasteiger partial charge in [-0.2, -0.15) is 0 Å². The Kier molecular flexibility index (Phi) is 4.84. The zero-order valence-corrected chi connectivity index (χ0v) is 13.6. The third-order valence-electron chi connectivity index (χ3n) is 4.85. The lowest BCUT2D eigenvalue weighted by Crippen LogP contribution is -2.43. The summed E-state index contributed by atoms with van der Waals surface area (Å²) in [5.41, 5.74) is 1.71. The minimum atomic E-state index is -0.595. The van der Waals surface area contributed by atoms with Gasteiger partial charge < -0.3 is 15.4 Å². The second-order valence-corrected chi connectivity index (χ2v) is 6.49. The Morgan fingerprint density at radius 2 is 2.13 bits per heavy atom. The van der Waals surface area contributed by atoms with Gasteiger partial charge in [-0.3, -0.25) is 9.59 Å². The van der Waals surface area contributed by atoms with Crippen LogP contribution in [0.2, 0.25) is 0 Å². The van der Waals surface area contributed by atoms with Gasteiger partial charge in [-0.1, -0.05) is 26.2 Å². The van der Waals surface area contributed by atoms with Crippen LogP contribution in [-0.4, -0.2) is 24.5 Å². The van der Waals surface area contributed by atoms with Crippen molar-refractivity contribution in [1.82, 2.24) is 5.32 Å². The van der Waals surface area contributed by atoms with Crippen LogP contribution in [0, 0.1) is 5.92 Å². The molecule has 2 aliphatic rings. The van der Waals surface area contributed by atoms with Crippen molar-refractivity contribution >= 4 is 17.5 Å². The molecular formula is C18H24N2O3. The Bertz CT molecular complexity index is 600. The van der Waals surface area contributed by atoms with Crippen LogP contribution in [-0.2, 0) is 16.0 Å². The molecule has 1 aliphatic carbocycles. The van der Waals surface area contributed by atoms with Crippen LogP contribution >= 0.6 is 0 Å². The third-order valence-corrected chi connectivity index (χ3v) is 4.85. The highest BCUT2D eigenvalue weighted by molar-refractivity contribution is 6.39. The first-order valence-electron chi connectivity index (χ1n) is 8.53. The summed E-state index contributed by atoms with van der Waals surface area (Å²) in [5.74, 6) is 0.389. The highest BCUT2D eigenvalue weighted by Gasteiger charge is 2.24. The molecule has 0 aromatic heterocycles. The van der Waals surface area contributed by atoms with Crippen LogP contribution in [0.15, 0.2) is 18.2 Å². The van der Waals surface area contributed by atoms with Gasteiger partial charge in [0.1, 0.15) is 5.75 Å². The van der Waals surface area contributed by atoms with E-state index in [1.54, 1.807) is 6.07 Å². The predicted molar refractivity (Wildman–Crippen MR) is 88.5 cm³/mol. The van der Waals surface area contributed by atoms with Gasteiger partial charge in [0.2, 0.25) is 0 Å². The largest absolute Gasteiger partial charge is 0.493 e. The van der Waals surface area contributed by atoms with Crippen LogP contribution < -0.4 is 15.4 Å². The molecule has 2 atom stereocenters. The summed E-state index contributed by atoms with van der Waals surface area (Å²) in [6, 6.07) is 5.60. The van der Waals surface area contributed by atoms with E-state index in [4.69, 9.17) is 4.74 Å². The quantitative estimate of drug-likeness (QED) is 0.843. The lowest BCUT2D eigenvalue weighted by Gasteiger charge is -2.28. The number of amides is 2. The van der Waals surface area contributed by atoms with Crippen molar-refractivity contribution in [2.45, 2.75) is 51.5 Å². The first kappa shape index (κ1) is 15.8. The van der Waals surface area contributed by atoms with Crippen molar-refractivity contribution in [3.8, 4) is 5.75 Å². The molecule has 0 saturated heterocycles. The molecular weight excluding hydrogens is 292 g/mol. The summed E-state index contributed by atoms with van der Waals surface area (Å²) in [6.45, 7) is 2.85. The minimum absolute atomic E-state index is 0.125. The smallest absolute Gasteiger partial charge is 0.313 e. The summed E-state index contributed by atoms with van der Waals surface area (Å²) in [4.78, 5) is 24.2. The zero-order valence-electron chi connectivity index (χ0n) is 13.6. The molecule has 0 unspecified atom stereocenters. The van der Waals surface area contributed by atoms with E-state index in [0.29, 0.717) is 18.2 Å². The van der Waals surface area contributed by atoms with Crippen molar-refractivity contribution in [2.75, 3.05) is 11.9 Å². The highest BCUT2D eigenvalue weighted by atomic mass is 16.5. The van der Waals surface area contributed by atoms with E-state index in [1.165, 1.54) is 6.42 Å². The van der Waals surface area contributed by atoms with Crippen molar-refractivity contribution in [3.05, 3.63) is 23.8 Å². The van der Waals surface area contributed by atoms with E-state index in [-0.39, 0.29) is 6.04 Å². The fourth-order valence-electron chi connectivity index (χ4n) is 3.50. The summed E-state index contributed by atoms with van der Waals surface area (Å²) in [7, 11) is 0. The fourth-order valence-corrected chi connectivity index (χ4v) is 3.50. The molecule has 2 amide bonds. The SMILES string of the molecule is CC[C@H]1CCC[C@@H](NC(=O)C(=O)Nc2ccc3c(c2)CCO3)C1. The van der Waals surface area contributed by atoms with Crippen LogP contribution in [0.5, 0.6) is 5.75 Å². The molecule has 1 fully saturated rings. The molecule has 0 bridgehead atoms. The Labute approximate surface area is 136 Å². The molecule has 124 valence electrons. The van der Waals surface area contributed by atoms with Gasteiger partial charge in [0.05, 0.1) is 6.61 Å². The van der Waals surface area contributed by atoms with Crippen LogP contribution in [0.25, 0.3) is 0 Å². The summed E-state index contributed by atoms with van der Waals surface area (Å²) in [5, 5.41) is 5.56. The molecule has 5 nitrogen and oxygen atoms in total. The highest BCUT2D eigenvalue weighted by Crippen LogP contribution is 2.28. The van der Waals surface area contributed by atoms with Crippen molar-refractivity contribution in [2.24, 2.45) is 5.92 Å². The van der Waals surface area contributed by atoms with Gasteiger partial charge in [-0.15, -0.1) is 0 Å². The molecule has 23 heavy (non-hydrogen) atoms. The first-order valence-corrected chi connectivity index (χ1v) is 8.53. The van der Waals surface area contributed by atoms with E-state index < -0.39 is 11.8 Å². The molecule has 2 N–H and O–H groups in total. The van der Waals surface area contributed by atoms with Gasteiger partial charge in [-0.05, 0) is 42.5 Å². The standard InChI is InChI=1S/C18H24N2O3/c1-2-12-4-3-5-14(10-12)19-17(21)18(22)20-15-6-7-16-13(11-15)8-9-23-16/h6-7,11-12,14H,2-5,8-10H2,1H3,(H,19,21)(H,20,22)/t12-,14+/m0/s1. The lowest BCUT2D eigenvalue weighted by molar-refractivity contribution is -0.136. The number of ether oxygens (including phenoxy) is 1. The van der Waals surface area contributed by atoms with Gasteiger partial charge in [0, 0.05) is 18.2 Å². The number of hydrogen-bond donors (Lipinski definition) is 2. The second kappa shape index (κ2) is 7.02. The van der Waals surface area contributed by atoms with Crippen molar-refractivity contribution in [1.29, 1.82) is 0 Å². The monoisotopic (exact) mass is 316 g/mol. The zero-order chi connectivity index (χ0) is 16.2. The third kappa shape index (κ3) is 3.84. The minimum Gasteiger partial charge on any atom is -0.493 e. The maximum Gasteiger partial charge on any atom is 0.313 e. The molecule has 1 aromatic carbocycles. The van der Waals surface area contributed by atoms with Gasteiger partial charge in [-0.25, -0.2) is 0 Å². The van der Waals surface area contributed by atoms with Gasteiger partial charge >= 0.3 is 11.8 Å². The van der Waals surface area contributed by atoms with Crippen molar-refractivity contribution in [3.63, 3.8) is 0 Å². The average molecular weight is 316 g/mol. The lowest BCUT2D eigenvalue weighted by atomic mass is 9.84. The maximum absolute atomic E-state index is 12.1. The van der Waals surface area contributed by atoms with Gasteiger partial charge in [0.15, 0.2) is 0 Å². The Morgan fingerprint density at radius 3 is 2.96 bits per heavy atom. The number of carbonyl (C=O) groups is 2. The topological polar surface area (TPSA) is 67.4 Å². The fraction of sp³-hybridized carbons (Fsp3) is 0.556. The number of rotatable bonds is 3. The van der Waals surface area contributed by atoms with E-state index >= 15 is 0 Å². The molecule has 1 aromatic rings. The molecule has 3 rings (SSSR count). The Morgan fingerprint density at radius 1 is 1.26 bits per heavy atom. The number of anilines is 1. The Balaban J connectivity index is 1.54. The predicted octanol–water partition coefficient (Wildman–Crippen LogP) is 2.65. The van der Waals surface area contributed by atoms with E-state index in [2.05, 4.69) is 17.6 Å². The summed E-state index contributed by atoms with van der Waals surface area (Å²) in [6.07, 6.45) is 6.26. The maximum atomic E-state index is 12.1. The molecule has 0 spiro atoms. The summed E-state index contributed by atoms with van der Waals surface area (Å²) >= 11 is 0. The van der Waals surface area contributed by atoms with Crippen LogP contribution in [0.1, 0.15) is 44.6 Å². The molecule has 5 heteroatoms. The van der Waals surface area contributed by atoms with E-state index in [1.807, 2.05) is 12.1 Å². The van der Waals surface area contributed by atoms with E-state index in [9.17, 15) is 9.59 Å². The average Bonchev–Trinajstić information content (AvgIpc) is 3.02. The summed E-state index contributed by atoms with van der Waals surface area (Å²) < 4.78 is 5.44. The molecule has 1 saturated carbocycles. The number of benzene rings is 1. The number of fused-ring (bicyclic) bond motifs is 1.